The monoisotopic (exact) mass is 528 g/mol. The summed E-state index contributed by atoms with van der Waals surface area (Å²) in [5, 5.41) is 8.01. The molecule has 2 aliphatic carbocycles. The topological polar surface area (TPSA) is 0 Å². The summed E-state index contributed by atoms with van der Waals surface area (Å²) in [5.74, 6) is 0. The summed E-state index contributed by atoms with van der Waals surface area (Å²) in [5.41, 5.74) is 15.9. The maximum Gasteiger partial charge on any atom is -0.00139 e. The van der Waals surface area contributed by atoms with Crippen LogP contribution in [0.15, 0.2) is 146 Å². The molecule has 0 atom stereocenters. The molecule has 0 aromatic heterocycles. The van der Waals surface area contributed by atoms with Crippen LogP contribution >= 0.6 is 0 Å². The predicted octanol–water partition coefficient (Wildman–Crippen LogP) is 11.8. The van der Waals surface area contributed by atoms with E-state index in [1.807, 2.05) is 0 Å². The Kier molecular flexibility index (Phi) is 4.27. The summed E-state index contributed by atoms with van der Waals surface area (Å²) in [6.45, 7) is 0. The van der Waals surface area contributed by atoms with Crippen LogP contribution in [0.1, 0.15) is 0 Å². The van der Waals surface area contributed by atoms with Crippen LogP contribution in [0.2, 0.25) is 0 Å². The summed E-state index contributed by atoms with van der Waals surface area (Å²) in [6.07, 6.45) is 0. The van der Waals surface area contributed by atoms with Crippen LogP contribution in [0.4, 0.5) is 0 Å². The van der Waals surface area contributed by atoms with Crippen LogP contribution in [-0.2, 0) is 0 Å². The molecule has 0 heteroatoms. The largest absolute Gasteiger partial charge is 0.0622 e. The van der Waals surface area contributed by atoms with E-state index in [1.54, 1.807) is 0 Å². The van der Waals surface area contributed by atoms with Gasteiger partial charge in [-0.05, 0) is 111 Å². The highest BCUT2D eigenvalue weighted by Gasteiger charge is 2.30. The molecule has 42 heavy (non-hydrogen) atoms. The van der Waals surface area contributed by atoms with Gasteiger partial charge in [0.1, 0.15) is 0 Å². The third-order valence-electron chi connectivity index (χ3n) is 9.54. The SMILES string of the molecule is c1ccc(-c2c3ccccc3c(-c3ccccc3)c3cc4c(cc23)-c2ccc3c5c(ccc-4c25)-c2ccccc2-3)cc1. The average molecular weight is 529 g/mol. The lowest BCUT2D eigenvalue weighted by atomic mass is 9.84. The van der Waals surface area contributed by atoms with Crippen molar-refractivity contribution in [2.45, 2.75) is 0 Å². The van der Waals surface area contributed by atoms with Gasteiger partial charge in [-0.1, -0.05) is 133 Å². The second-order valence-corrected chi connectivity index (χ2v) is 11.6. The van der Waals surface area contributed by atoms with Crippen molar-refractivity contribution >= 4 is 32.3 Å². The van der Waals surface area contributed by atoms with Crippen LogP contribution in [0.3, 0.4) is 0 Å². The zero-order valence-corrected chi connectivity index (χ0v) is 22.9. The van der Waals surface area contributed by atoms with Gasteiger partial charge in [0.25, 0.3) is 0 Å². The Morgan fingerprint density at radius 2 is 0.595 bits per heavy atom. The molecule has 2 aliphatic rings. The highest BCUT2D eigenvalue weighted by Crippen LogP contribution is 2.57. The quantitative estimate of drug-likeness (QED) is 0.196. The number of benzene rings is 8. The van der Waals surface area contributed by atoms with Crippen LogP contribution in [0.25, 0.3) is 99.1 Å². The number of hydrogen-bond donors (Lipinski definition) is 0. The van der Waals surface area contributed by atoms with Crippen molar-refractivity contribution in [3.63, 3.8) is 0 Å². The Labute approximate surface area is 244 Å². The van der Waals surface area contributed by atoms with E-state index in [1.165, 1.54) is 99.1 Å². The van der Waals surface area contributed by atoms with Gasteiger partial charge in [0.05, 0.1) is 0 Å². The molecule has 0 bridgehead atoms. The Balaban J connectivity index is 1.38. The molecule has 0 saturated carbocycles. The summed E-state index contributed by atoms with van der Waals surface area (Å²) in [6, 6.07) is 54.1. The Hall–Kier alpha value is -5.46. The maximum atomic E-state index is 2.49. The standard InChI is InChI=1S/C42H24/c1-3-11-25(12-4-1)39-29-17-9-10-18-30(29)40(26-13-5-2-6-14-26)38-24-36-34-22-20-32-28-16-8-7-15-27(28)31-19-21-33(42(34)41(31)32)35(36)23-37(38)39/h1-24H. The van der Waals surface area contributed by atoms with Crippen molar-refractivity contribution < 1.29 is 0 Å². The third kappa shape index (κ3) is 2.77. The van der Waals surface area contributed by atoms with Crippen LogP contribution < -0.4 is 0 Å². The molecule has 0 unspecified atom stereocenters. The molecule has 0 amide bonds. The Bertz CT molecular complexity index is 2260. The van der Waals surface area contributed by atoms with Gasteiger partial charge in [-0.15, -0.1) is 0 Å². The fourth-order valence-electron chi connectivity index (χ4n) is 7.85. The first-order valence-electron chi connectivity index (χ1n) is 14.7. The molecular formula is C42H24. The van der Waals surface area contributed by atoms with Gasteiger partial charge < -0.3 is 0 Å². The molecular weight excluding hydrogens is 504 g/mol. The highest BCUT2D eigenvalue weighted by molar-refractivity contribution is 6.29. The fourth-order valence-corrected chi connectivity index (χ4v) is 7.85. The molecule has 0 spiro atoms. The Morgan fingerprint density at radius 1 is 0.238 bits per heavy atom. The lowest BCUT2D eigenvalue weighted by Crippen LogP contribution is -1.92. The zero-order chi connectivity index (χ0) is 27.4. The average Bonchev–Trinajstić information content (AvgIpc) is 3.55. The van der Waals surface area contributed by atoms with E-state index in [-0.39, 0.29) is 0 Å². The molecule has 0 N–H and O–H groups in total. The molecule has 10 rings (SSSR count). The molecule has 0 saturated heterocycles. The second kappa shape index (κ2) is 8.06. The minimum atomic E-state index is 1.25. The van der Waals surface area contributed by atoms with Crippen molar-refractivity contribution in [1.29, 1.82) is 0 Å². The van der Waals surface area contributed by atoms with Crippen molar-refractivity contribution in [2.24, 2.45) is 0 Å². The van der Waals surface area contributed by atoms with Gasteiger partial charge >= 0.3 is 0 Å². The fraction of sp³-hybridized carbons (Fsp3) is 0. The van der Waals surface area contributed by atoms with Gasteiger partial charge in [0.2, 0.25) is 0 Å². The summed E-state index contributed by atoms with van der Waals surface area (Å²) in [7, 11) is 0. The van der Waals surface area contributed by atoms with E-state index in [9.17, 15) is 0 Å². The van der Waals surface area contributed by atoms with E-state index in [4.69, 9.17) is 0 Å². The molecule has 0 radical (unpaired) electrons. The lowest BCUT2D eigenvalue weighted by molar-refractivity contribution is 1.65. The predicted molar refractivity (Wildman–Crippen MR) is 179 cm³/mol. The lowest BCUT2D eigenvalue weighted by Gasteiger charge is -2.19. The van der Waals surface area contributed by atoms with Gasteiger partial charge in [0, 0.05) is 0 Å². The minimum absolute atomic E-state index is 1.25. The first-order chi connectivity index (χ1) is 20.9. The van der Waals surface area contributed by atoms with E-state index < -0.39 is 0 Å². The number of hydrogen-bond acceptors (Lipinski definition) is 0. The molecule has 0 heterocycles. The highest BCUT2D eigenvalue weighted by atomic mass is 14.3. The smallest absolute Gasteiger partial charge is 0.00139 e. The van der Waals surface area contributed by atoms with Crippen LogP contribution in [0.5, 0.6) is 0 Å². The molecule has 192 valence electrons. The third-order valence-corrected chi connectivity index (χ3v) is 9.54. The molecule has 0 fully saturated rings. The van der Waals surface area contributed by atoms with Gasteiger partial charge in [-0.25, -0.2) is 0 Å². The maximum absolute atomic E-state index is 2.49. The summed E-state index contributed by atoms with van der Waals surface area (Å²) < 4.78 is 0. The van der Waals surface area contributed by atoms with Crippen molar-refractivity contribution in [2.75, 3.05) is 0 Å². The van der Waals surface area contributed by atoms with Crippen LogP contribution in [-0.4, -0.2) is 0 Å². The van der Waals surface area contributed by atoms with Gasteiger partial charge in [-0.3, -0.25) is 0 Å². The summed E-state index contributed by atoms with van der Waals surface area (Å²) in [4.78, 5) is 0. The van der Waals surface area contributed by atoms with Crippen molar-refractivity contribution in [1.82, 2.24) is 0 Å². The molecule has 8 aromatic rings. The first kappa shape index (κ1) is 22.3. The van der Waals surface area contributed by atoms with Gasteiger partial charge in [-0.2, -0.15) is 0 Å². The van der Waals surface area contributed by atoms with Crippen LogP contribution in [0, 0.1) is 0 Å². The van der Waals surface area contributed by atoms with E-state index in [0.717, 1.165) is 0 Å². The molecule has 0 aliphatic heterocycles. The zero-order valence-electron chi connectivity index (χ0n) is 22.9. The summed E-state index contributed by atoms with van der Waals surface area (Å²) >= 11 is 0. The molecule has 0 nitrogen and oxygen atoms in total. The van der Waals surface area contributed by atoms with E-state index >= 15 is 0 Å². The normalized spacial score (nSPS) is 12.3. The minimum Gasteiger partial charge on any atom is -0.0622 e. The van der Waals surface area contributed by atoms with Gasteiger partial charge in [0.15, 0.2) is 0 Å². The van der Waals surface area contributed by atoms with Crippen molar-refractivity contribution in [3.8, 4) is 66.8 Å². The van der Waals surface area contributed by atoms with E-state index in [2.05, 4.69) is 146 Å². The molecule has 8 aromatic carbocycles. The number of rotatable bonds is 2. The van der Waals surface area contributed by atoms with Crippen molar-refractivity contribution in [3.05, 3.63) is 146 Å². The number of fused-ring (bicyclic) bond motifs is 8. The Morgan fingerprint density at radius 3 is 1.02 bits per heavy atom. The second-order valence-electron chi connectivity index (χ2n) is 11.6. The first-order valence-corrected chi connectivity index (χ1v) is 14.7. The van der Waals surface area contributed by atoms with E-state index in [0.29, 0.717) is 0 Å².